The summed E-state index contributed by atoms with van der Waals surface area (Å²) in [5.74, 6) is 2.49. The van der Waals surface area contributed by atoms with E-state index in [4.69, 9.17) is 9.47 Å². The maximum Gasteiger partial charge on any atom is 0.125 e. The van der Waals surface area contributed by atoms with E-state index in [0.29, 0.717) is 12.0 Å². The summed E-state index contributed by atoms with van der Waals surface area (Å²) in [5, 5.41) is 3.47. The first kappa shape index (κ1) is 16.8. The number of rotatable bonds is 9. The molecule has 0 aromatic heterocycles. The number of aryl methyl sites for hydroxylation is 1. The van der Waals surface area contributed by atoms with Gasteiger partial charge in [0.15, 0.2) is 0 Å². The van der Waals surface area contributed by atoms with Crippen LogP contribution in [-0.2, 0) is 6.42 Å². The molecule has 0 aliphatic carbocycles. The van der Waals surface area contributed by atoms with Gasteiger partial charge in [-0.05, 0) is 43.4 Å². The molecule has 0 aliphatic heterocycles. The molecule has 0 saturated carbocycles. The summed E-state index contributed by atoms with van der Waals surface area (Å²) in [6.07, 6.45) is 3.45. The molecule has 1 N–H and O–H groups in total. The van der Waals surface area contributed by atoms with Crippen molar-refractivity contribution in [3.63, 3.8) is 0 Å². The number of benzene rings is 1. The van der Waals surface area contributed by atoms with Gasteiger partial charge >= 0.3 is 0 Å². The van der Waals surface area contributed by atoms with Gasteiger partial charge < -0.3 is 14.8 Å². The minimum atomic E-state index is 0.573. The van der Waals surface area contributed by atoms with E-state index in [1.165, 1.54) is 18.4 Å². The van der Waals surface area contributed by atoms with E-state index in [9.17, 15) is 0 Å². The predicted molar refractivity (Wildman–Crippen MR) is 84.8 cm³/mol. The Morgan fingerprint density at radius 1 is 1.05 bits per heavy atom. The third kappa shape index (κ3) is 5.83. The highest BCUT2D eigenvalue weighted by molar-refractivity contribution is 5.40. The van der Waals surface area contributed by atoms with Crippen molar-refractivity contribution < 1.29 is 9.47 Å². The lowest BCUT2D eigenvalue weighted by Gasteiger charge is -2.15. The van der Waals surface area contributed by atoms with Crippen molar-refractivity contribution in [2.24, 2.45) is 5.92 Å². The highest BCUT2D eigenvalue weighted by Gasteiger charge is 2.08. The van der Waals surface area contributed by atoms with E-state index in [1.807, 2.05) is 12.1 Å². The quantitative estimate of drug-likeness (QED) is 0.748. The van der Waals surface area contributed by atoms with Crippen molar-refractivity contribution in [2.45, 2.75) is 46.1 Å². The van der Waals surface area contributed by atoms with Crippen molar-refractivity contribution in [3.8, 4) is 11.5 Å². The average molecular weight is 279 g/mol. The standard InChI is InChI=1S/C17H29NO2/c1-13(2)18-11-10-14(3)6-7-15-8-9-16(19-4)12-17(15)20-5/h8-9,12-14,18H,6-7,10-11H2,1-5H3. The summed E-state index contributed by atoms with van der Waals surface area (Å²) < 4.78 is 10.7. The fourth-order valence-corrected chi connectivity index (χ4v) is 2.22. The van der Waals surface area contributed by atoms with Crippen LogP contribution in [0.25, 0.3) is 0 Å². The van der Waals surface area contributed by atoms with Gasteiger partial charge in [-0.15, -0.1) is 0 Å². The zero-order valence-electron chi connectivity index (χ0n) is 13.5. The summed E-state index contributed by atoms with van der Waals surface area (Å²) in [4.78, 5) is 0. The third-order valence-electron chi connectivity index (χ3n) is 3.59. The number of hydrogen-bond donors (Lipinski definition) is 1. The highest BCUT2D eigenvalue weighted by Crippen LogP contribution is 2.26. The molecule has 0 fully saturated rings. The second-order valence-corrected chi connectivity index (χ2v) is 5.72. The monoisotopic (exact) mass is 279 g/mol. The molecule has 0 spiro atoms. The molecule has 0 saturated heterocycles. The summed E-state index contributed by atoms with van der Waals surface area (Å²) in [7, 11) is 3.40. The molecular formula is C17H29NO2. The van der Waals surface area contributed by atoms with E-state index in [-0.39, 0.29) is 0 Å². The van der Waals surface area contributed by atoms with Crippen molar-refractivity contribution in [3.05, 3.63) is 23.8 Å². The van der Waals surface area contributed by atoms with Gasteiger partial charge in [0.2, 0.25) is 0 Å². The van der Waals surface area contributed by atoms with Gasteiger partial charge in [0.25, 0.3) is 0 Å². The van der Waals surface area contributed by atoms with Crippen LogP contribution in [0.4, 0.5) is 0 Å². The van der Waals surface area contributed by atoms with Crippen molar-refractivity contribution in [1.29, 1.82) is 0 Å². The Kier molecular flexibility index (Phi) is 7.45. The Hall–Kier alpha value is -1.22. The largest absolute Gasteiger partial charge is 0.497 e. The van der Waals surface area contributed by atoms with Gasteiger partial charge in [0.05, 0.1) is 14.2 Å². The van der Waals surface area contributed by atoms with Crippen LogP contribution in [0.3, 0.4) is 0 Å². The Bertz CT molecular complexity index is 391. The van der Waals surface area contributed by atoms with E-state index >= 15 is 0 Å². The van der Waals surface area contributed by atoms with Gasteiger partial charge in [-0.2, -0.15) is 0 Å². The van der Waals surface area contributed by atoms with Crippen LogP contribution in [0.5, 0.6) is 11.5 Å². The van der Waals surface area contributed by atoms with Crippen molar-refractivity contribution in [2.75, 3.05) is 20.8 Å². The van der Waals surface area contributed by atoms with Crippen LogP contribution in [0.15, 0.2) is 18.2 Å². The first-order valence-electron chi connectivity index (χ1n) is 7.51. The van der Waals surface area contributed by atoms with E-state index in [2.05, 4.69) is 32.2 Å². The Labute approximate surface area is 123 Å². The number of ether oxygens (including phenoxy) is 2. The molecule has 0 aliphatic rings. The highest BCUT2D eigenvalue weighted by atomic mass is 16.5. The maximum absolute atomic E-state index is 5.44. The van der Waals surface area contributed by atoms with Gasteiger partial charge in [-0.1, -0.05) is 26.8 Å². The summed E-state index contributed by atoms with van der Waals surface area (Å²) >= 11 is 0. The molecule has 0 heterocycles. The van der Waals surface area contributed by atoms with Gasteiger partial charge in [-0.3, -0.25) is 0 Å². The molecular weight excluding hydrogens is 250 g/mol. The van der Waals surface area contributed by atoms with Gasteiger partial charge in [-0.25, -0.2) is 0 Å². The molecule has 20 heavy (non-hydrogen) atoms. The van der Waals surface area contributed by atoms with Crippen molar-refractivity contribution >= 4 is 0 Å². The zero-order chi connectivity index (χ0) is 15.0. The minimum Gasteiger partial charge on any atom is -0.497 e. The summed E-state index contributed by atoms with van der Waals surface area (Å²) in [6.45, 7) is 7.79. The lowest BCUT2D eigenvalue weighted by Crippen LogP contribution is -2.25. The zero-order valence-corrected chi connectivity index (χ0v) is 13.5. The lowest BCUT2D eigenvalue weighted by molar-refractivity contribution is 0.388. The Balaban J connectivity index is 2.44. The molecule has 1 atom stereocenters. The van der Waals surface area contributed by atoms with Crippen LogP contribution in [0.2, 0.25) is 0 Å². The minimum absolute atomic E-state index is 0.573. The average Bonchev–Trinajstić information content (AvgIpc) is 2.44. The Morgan fingerprint density at radius 3 is 2.40 bits per heavy atom. The molecule has 3 nitrogen and oxygen atoms in total. The number of methoxy groups -OCH3 is 2. The summed E-state index contributed by atoms with van der Waals surface area (Å²) in [6, 6.07) is 6.64. The van der Waals surface area contributed by atoms with E-state index in [1.54, 1.807) is 14.2 Å². The van der Waals surface area contributed by atoms with E-state index in [0.717, 1.165) is 24.5 Å². The molecule has 3 heteroatoms. The molecule has 0 amide bonds. The molecule has 1 rings (SSSR count). The second-order valence-electron chi connectivity index (χ2n) is 5.72. The van der Waals surface area contributed by atoms with Crippen LogP contribution >= 0.6 is 0 Å². The summed E-state index contributed by atoms with van der Waals surface area (Å²) in [5.41, 5.74) is 1.26. The molecule has 114 valence electrons. The van der Waals surface area contributed by atoms with E-state index < -0.39 is 0 Å². The van der Waals surface area contributed by atoms with Crippen LogP contribution < -0.4 is 14.8 Å². The van der Waals surface area contributed by atoms with Gasteiger partial charge in [0.1, 0.15) is 11.5 Å². The first-order valence-corrected chi connectivity index (χ1v) is 7.51. The SMILES string of the molecule is COc1ccc(CCC(C)CCNC(C)C)c(OC)c1. The first-order chi connectivity index (χ1) is 9.56. The molecule has 1 unspecified atom stereocenters. The van der Waals surface area contributed by atoms with Gasteiger partial charge in [0, 0.05) is 12.1 Å². The number of nitrogens with one attached hydrogen (secondary N) is 1. The topological polar surface area (TPSA) is 30.5 Å². The molecule has 0 radical (unpaired) electrons. The fourth-order valence-electron chi connectivity index (χ4n) is 2.22. The molecule has 0 bridgehead atoms. The van der Waals surface area contributed by atoms with Crippen molar-refractivity contribution in [1.82, 2.24) is 5.32 Å². The lowest BCUT2D eigenvalue weighted by atomic mass is 9.97. The second kappa shape index (κ2) is 8.85. The maximum atomic E-state index is 5.44. The fraction of sp³-hybridized carbons (Fsp3) is 0.647. The molecule has 1 aromatic rings. The smallest absolute Gasteiger partial charge is 0.125 e. The van der Waals surface area contributed by atoms with Crippen LogP contribution in [0.1, 0.15) is 39.2 Å². The van der Waals surface area contributed by atoms with Crippen LogP contribution in [0, 0.1) is 5.92 Å². The Morgan fingerprint density at radius 2 is 1.80 bits per heavy atom. The molecule has 1 aromatic carbocycles. The van der Waals surface area contributed by atoms with Crippen LogP contribution in [-0.4, -0.2) is 26.8 Å². The normalized spacial score (nSPS) is 12.5. The number of hydrogen-bond acceptors (Lipinski definition) is 3. The third-order valence-corrected chi connectivity index (χ3v) is 3.59. The predicted octanol–water partition coefficient (Wildman–Crippen LogP) is 3.66.